The van der Waals surface area contributed by atoms with E-state index in [1.54, 1.807) is 31.3 Å². The predicted molar refractivity (Wildman–Crippen MR) is 109 cm³/mol. The lowest BCUT2D eigenvalue weighted by molar-refractivity contribution is -0.0504. The first-order valence-corrected chi connectivity index (χ1v) is 9.93. The molecule has 2 N–H and O–H groups in total. The first-order valence-electron chi connectivity index (χ1n) is 9.93. The monoisotopic (exact) mass is 397 g/mol. The number of nitrogens with one attached hydrogen (secondary N) is 2. The quantitative estimate of drug-likeness (QED) is 0.494. The summed E-state index contributed by atoms with van der Waals surface area (Å²) in [6.07, 6.45) is 0. The molecule has 6 nitrogen and oxygen atoms in total. The zero-order chi connectivity index (χ0) is 20.4. The fourth-order valence-corrected chi connectivity index (χ4v) is 3.32. The van der Waals surface area contributed by atoms with Crippen molar-refractivity contribution in [3.63, 3.8) is 0 Å². The van der Waals surface area contributed by atoms with Crippen LogP contribution in [0.1, 0.15) is 19.4 Å². The van der Waals surface area contributed by atoms with Crippen molar-refractivity contribution in [3.8, 4) is 5.75 Å². The van der Waals surface area contributed by atoms with Crippen LogP contribution in [0.5, 0.6) is 5.75 Å². The summed E-state index contributed by atoms with van der Waals surface area (Å²) >= 11 is 0. The number of piperazine rings is 1. The van der Waals surface area contributed by atoms with Gasteiger partial charge in [0.2, 0.25) is 0 Å². The lowest BCUT2D eigenvalue weighted by Crippen LogP contribution is -2.48. The van der Waals surface area contributed by atoms with Gasteiger partial charge in [0.1, 0.15) is 5.75 Å². The lowest BCUT2D eigenvalue weighted by Gasteiger charge is -2.35. The minimum absolute atomic E-state index is 0.181. The van der Waals surface area contributed by atoms with Gasteiger partial charge in [-0.25, -0.2) is 0 Å². The van der Waals surface area contributed by atoms with E-state index >= 15 is 0 Å². The highest BCUT2D eigenvalue weighted by atomic mass is 19.3. The predicted octanol–water partition coefficient (Wildman–Crippen LogP) is 2.23. The molecule has 0 saturated carbocycles. The molecule has 0 aliphatic carbocycles. The standard InChI is InChI=1S/C20H33F2N5O/c1-4-26-9-11-27(12-10-26)15-16(2)13-24-20(23-3)25-14-17-7-5-6-8-18(17)28-19(21)22/h5-8,16,19H,4,9-15H2,1-3H3,(H2,23,24,25). The number of alkyl halides is 2. The number of likely N-dealkylation sites (N-methyl/N-ethyl adjacent to an activating group) is 1. The van der Waals surface area contributed by atoms with E-state index in [1.807, 2.05) is 0 Å². The second kappa shape index (κ2) is 11.8. The van der Waals surface area contributed by atoms with E-state index in [0.717, 1.165) is 45.8 Å². The molecule has 1 saturated heterocycles. The van der Waals surface area contributed by atoms with Crippen molar-refractivity contribution in [1.82, 2.24) is 20.4 Å². The number of guanidine groups is 1. The minimum atomic E-state index is -2.83. The molecule has 1 aromatic carbocycles. The number of aliphatic imine (C=N–C) groups is 1. The first kappa shape index (κ1) is 22.4. The zero-order valence-corrected chi connectivity index (χ0v) is 17.1. The summed E-state index contributed by atoms with van der Waals surface area (Å²) in [4.78, 5) is 9.20. The summed E-state index contributed by atoms with van der Waals surface area (Å²) in [6.45, 7) is 9.43. The number of rotatable bonds is 9. The molecule has 28 heavy (non-hydrogen) atoms. The van der Waals surface area contributed by atoms with Crippen molar-refractivity contribution < 1.29 is 13.5 Å². The van der Waals surface area contributed by atoms with Crippen LogP contribution in [0.15, 0.2) is 29.3 Å². The van der Waals surface area contributed by atoms with Crippen LogP contribution in [-0.2, 0) is 6.54 Å². The molecular weight excluding hydrogens is 364 g/mol. The van der Waals surface area contributed by atoms with Crippen molar-refractivity contribution >= 4 is 5.96 Å². The van der Waals surface area contributed by atoms with Crippen molar-refractivity contribution in [3.05, 3.63) is 29.8 Å². The van der Waals surface area contributed by atoms with Gasteiger partial charge in [-0.1, -0.05) is 32.0 Å². The van der Waals surface area contributed by atoms with Crippen LogP contribution >= 0.6 is 0 Å². The molecule has 1 heterocycles. The van der Waals surface area contributed by atoms with Gasteiger partial charge < -0.3 is 25.2 Å². The molecule has 1 aliphatic heterocycles. The average Bonchev–Trinajstić information content (AvgIpc) is 2.69. The average molecular weight is 398 g/mol. The third-order valence-corrected chi connectivity index (χ3v) is 4.96. The van der Waals surface area contributed by atoms with Crippen LogP contribution in [0, 0.1) is 5.92 Å². The van der Waals surface area contributed by atoms with E-state index in [2.05, 4.69) is 44.0 Å². The van der Waals surface area contributed by atoms with Gasteiger partial charge in [0.05, 0.1) is 0 Å². The molecule has 0 amide bonds. The number of hydrogen-bond donors (Lipinski definition) is 2. The van der Waals surface area contributed by atoms with Crippen LogP contribution in [0.25, 0.3) is 0 Å². The summed E-state index contributed by atoms with van der Waals surface area (Å²) in [7, 11) is 1.70. The number of halogens is 2. The maximum Gasteiger partial charge on any atom is 0.387 e. The highest BCUT2D eigenvalue weighted by molar-refractivity contribution is 5.79. The Kier molecular flexibility index (Phi) is 9.43. The number of benzene rings is 1. The largest absolute Gasteiger partial charge is 0.434 e. The Labute approximate surface area is 166 Å². The minimum Gasteiger partial charge on any atom is -0.434 e. The molecule has 1 aromatic rings. The van der Waals surface area contributed by atoms with Gasteiger partial charge in [0, 0.05) is 58.4 Å². The Morgan fingerprint density at radius 3 is 2.46 bits per heavy atom. The second-order valence-corrected chi connectivity index (χ2v) is 7.13. The van der Waals surface area contributed by atoms with Gasteiger partial charge in [-0.15, -0.1) is 0 Å². The molecule has 2 rings (SSSR count). The summed E-state index contributed by atoms with van der Waals surface area (Å²) in [5, 5.41) is 6.49. The smallest absolute Gasteiger partial charge is 0.387 e. The van der Waals surface area contributed by atoms with Crippen LogP contribution in [-0.4, -0.2) is 75.2 Å². The molecule has 0 aromatic heterocycles. The van der Waals surface area contributed by atoms with Gasteiger partial charge >= 0.3 is 6.61 Å². The van der Waals surface area contributed by atoms with Crippen LogP contribution < -0.4 is 15.4 Å². The van der Waals surface area contributed by atoms with Gasteiger partial charge in [-0.2, -0.15) is 8.78 Å². The molecule has 1 fully saturated rings. The van der Waals surface area contributed by atoms with E-state index < -0.39 is 6.61 Å². The fraction of sp³-hybridized carbons (Fsp3) is 0.650. The molecule has 158 valence electrons. The SMILES string of the molecule is CCN1CCN(CC(C)CNC(=NC)NCc2ccccc2OC(F)F)CC1. The number of para-hydroxylation sites is 1. The fourth-order valence-electron chi connectivity index (χ4n) is 3.32. The van der Waals surface area contributed by atoms with Gasteiger partial charge in [0.25, 0.3) is 0 Å². The van der Waals surface area contributed by atoms with Gasteiger partial charge in [0.15, 0.2) is 5.96 Å². The number of nitrogens with zero attached hydrogens (tertiary/aromatic N) is 3. The highest BCUT2D eigenvalue weighted by Gasteiger charge is 2.17. The number of hydrogen-bond acceptors (Lipinski definition) is 4. The van der Waals surface area contributed by atoms with E-state index in [-0.39, 0.29) is 5.75 Å². The van der Waals surface area contributed by atoms with E-state index in [1.165, 1.54) is 0 Å². The Morgan fingerprint density at radius 1 is 1.14 bits per heavy atom. The van der Waals surface area contributed by atoms with Crippen molar-refractivity contribution in [2.24, 2.45) is 10.9 Å². The second-order valence-electron chi connectivity index (χ2n) is 7.13. The highest BCUT2D eigenvalue weighted by Crippen LogP contribution is 2.19. The normalized spacial score (nSPS) is 17.6. The van der Waals surface area contributed by atoms with Crippen LogP contribution in [0.3, 0.4) is 0 Å². The Bertz CT molecular complexity index is 606. The molecule has 1 atom stereocenters. The lowest BCUT2D eigenvalue weighted by atomic mass is 10.1. The molecule has 1 unspecified atom stereocenters. The summed E-state index contributed by atoms with van der Waals surface area (Å²) in [5.41, 5.74) is 0.660. The molecule has 0 spiro atoms. The van der Waals surface area contributed by atoms with Gasteiger partial charge in [-0.3, -0.25) is 4.99 Å². The van der Waals surface area contributed by atoms with Crippen molar-refractivity contribution in [2.45, 2.75) is 27.0 Å². The summed E-state index contributed by atoms with van der Waals surface area (Å²) in [6, 6.07) is 6.78. The molecule has 0 radical (unpaired) electrons. The topological polar surface area (TPSA) is 52.1 Å². The Hall–Kier alpha value is -1.93. The summed E-state index contributed by atoms with van der Waals surface area (Å²) in [5.74, 6) is 1.30. The zero-order valence-electron chi connectivity index (χ0n) is 17.1. The molecule has 0 bridgehead atoms. The summed E-state index contributed by atoms with van der Waals surface area (Å²) < 4.78 is 29.6. The van der Waals surface area contributed by atoms with Crippen molar-refractivity contribution in [2.75, 3.05) is 52.9 Å². The molecule has 1 aliphatic rings. The van der Waals surface area contributed by atoms with Crippen molar-refractivity contribution in [1.29, 1.82) is 0 Å². The Balaban J connectivity index is 1.74. The number of ether oxygens (including phenoxy) is 1. The third kappa shape index (κ3) is 7.59. The molecular formula is C20H33F2N5O. The van der Waals surface area contributed by atoms with Crippen LogP contribution in [0.2, 0.25) is 0 Å². The van der Waals surface area contributed by atoms with Gasteiger partial charge in [-0.05, 0) is 18.5 Å². The van der Waals surface area contributed by atoms with Crippen LogP contribution in [0.4, 0.5) is 8.78 Å². The Morgan fingerprint density at radius 2 is 1.82 bits per heavy atom. The van der Waals surface area contributed by atoms with E-state index in [0.29, 0.717) is 24.0 Å². The third-order valence-electron chi connectivity index (χ3n) is 4.96. The van der Waals surface area contributed by atoms with E-state index in [4.69, 9.17) is 0 Å². The first-order chi connectivity index (χ1) is 13.5. The maximum absolute atomic E-state index is 12.5. The molecule has 8 heteroatoms. The van der Waals surface area contributed by atoms with E-state index in [9.17, 15) is 8.78 Å². The maximum atomic E-state index is 12.5.